The summed E-state index contributed by atoms with van der Waals surface area (Å²) in [5.41, 5.74) is 2.04. The molecule has 3 aliphatic rings. The molecule has 3 aliphatic carbocycles. The fourth-order valence-corrected chi connectivity index (χ4v) is 4.80. The summed E-state index contributed by atoms with van der Waals surface area (Å²) in [5.74, 6) is -0.535. The van der Waals surface area contributed by atoms with Crippen LogP contribution in [0.15, 0.2) is 54.7 Å². The van der Waals surface area contributed by atoms with E-state index in [9.17, 15) is 9.90 Å². The second-order valence-corrected chi connectivity index (χ2v) is 6.10. The van der Waals surface area contributed by atoms with Gasteiger partial charge < -0.3 is 5.11 Å². The molecule has 106 valence electrons. The van der Waals surface area contributed by atoms with Crippen molar-refractivity contribution >= 4 is 5.97 Å². The largest absolute Gasteiger partial charge is 0.481 e. The second kappa shape index (κ2) is 4.42. The maximum atomic E-state index is 11.6. The van der Waals surface area contributed by atoms with E-state index in [1.54, 1.807) is 0 Å². The number of carbonyl (C=O) groups is 1. The highest BCUT2D eigenvalue weighted by molar-refractivity contribution is 5.75. The van der Waals surface area contributed by atoms with Gasteiger partial charge in [0.1, 0.15) is 0 Å². The Morgan fingerprint density at radius 3 is 2.29 bits per heavy atom. The van der Waals surface area contributed by atoms with E-state index in [-0.39, 0.29) is 23.2 Å². The molecule has 21 heavy (non-hydrogen) atoms. The third-order valence-corrected chi connectivity index (χ3v) is 5.45. The first-order valence-electron chi connectivity index (χ1n) is 7.46. The fourth-order valence-electron chi connectivity index (χ4n) is 4.80. The molecule has 0 aliphatic heterocycles. The second-order valence-electron chi connectivity index (χ2n) is 6.10. The van der Waals surface area contributed by atoms with Crippen molar-refractivity contribution in [2.45, 2.75) is 18.3 Å². The summed E-state index contributed by atoms with van der Waals surface area (Å²) in [6, 6.07) is 16.3. The van der Waals surface area contributed by atoms with Gasteiger partial charge in [-0.15, -0.1) is 0 Å². The number of carboxylic acids is 1. The Bertz CT molecular complexity index is 615. The first-order chi connectivity index (χ1) is 10.3. The third kappa shape index (κ3) is 1.49. The van der Waals surface area contributed by atoms with Crippen molar-refractivity contribution in [2.75, 3.05) is 0 Å². The normalized spacial score (nSPS) is 33.4. The van der Waals surface area contributed by atoms with Crippen LogP contribution in [0.1, 0.15) is 24.1 Å². The molecule has 3 fully saturated rings. The number of hydrogen-bond donors (Lipinski definition) is 1. The van der Waals surface area contributed by atoms with Gasteiger partial charge in [0, 0.05) is 11.6 Å². The van der Waals surface area contributed by atoms with Gasteiger partial charge in [0.2, 0.25) is 0 Å². The highest BCUT2D eigenvalue weighted by atomic mass is 16.4. The Labute approximate surface area is 123 Å². The number of rotatable bonds is 3. The minimum Gasteiger partial charge on any atom is -0.481 e. The lowest BCUT2D eigenvalue weighted by molar-refractivity contribution is -0.153. The molecule has 1 aromatic heterocycles. The lowest BCUT2D eigenvalue weighted by Gasteiger charge is -2.54. The maximum absolute atomic E-state index is 11.6. The van der Waals surface area contributed by atoms with Gasteiger partial charge in [-0.2, -0.15) is 0 Å². The number of fused-ring (bicyclic) bond motifs is 1. The van der Waals surface area contributed by atoms with E-state index in [4.69, 9.17) is 0 Å². The monoisotopic (exact) mass is 279 g/mol. The third-order valence-electron chi connectivity index (χ3n) is 5.45. The molecule has 3 nitrogen and oxygen atoms in total. The molecule has 0 amide bonds. The van der Waals surface area contributed by atoms with Gasteiger partial charge in [-0.3, -0.25) is 9.78 Å². The minimum absolute atomic E-state index is 0.164. The predicted molar refractivity (Wildman–Crippen MR) is 78.8 cm³/mol. The van der Waals surface area contributed by atoms with Crippen molar-refractivity contribution in [2.24, 2.45) is 17.8 Å². The van der Waals surface area contributed by atoms with E-state index in [2.05, 4.69) is 23.2 Å². The molecule has 3 heteroatoms. The van der Waals surface area contributed by atoms with E-state index >= 15 is 0 Å². The van der Waals surface area contributed by atoms with Crippen LogP contribution in [0.2, 0.25) is 0 Å². The molecule has 3 saturated carbocycles. The molecule has 0 radical (unpaired) electrons. The van der Waals surface area contributed by atoms with Crippen molar-refractivity contribution in [3.05, 3.63) is 66.0 Å². The Morgan fingerprint density at radius 2 is 1.71 bits per heavy atom. The van der Waals surface area contributed by atoms with Crippen molar-refractivity contribution < 1.29 is 9.90 Å². The SMILES string of the molecule is O=C(O)C1[C@H]2CC[C@@H]1C2(c1ccccc1)c1ccccn1. The van der Waals surface area contributed by atoms with Crippen molar-refractivity contribution in [3.8, 4) is 0 Å². The summed E-state index contributed by atoms with van der Waals surface area (Å²) in [4.78, 5) is 16.2. The van der Waals surface area contributed by atoms with Gasteiger partial charge >= 0.3 is 5.97 Å². The van der Waals surface area contributed by atoms with Crippen LogP contribution in [-0.2, 0) is 10.2 Å². The predicted octanol–water partition coefficient (Wildman–Crippen LogP) is 3.11. The van der Waals surface area contributed by atoms with Crippen LogP contribution >= 0.6 is 0 Å². The summed E-state index contributed by atoms with van der Waals surface area (Å²) in [5, 5.41) is 9.52. The molecule has 1 aromatic carbocycles. The van der Waals surface area contributed by atoms with Crippen molar-refractivity contribution in [1.29, 1.82) is 0 Å². The molecule has 2 aromatic rings. The Morgan fingerprint density at radius 1 is 1.05 bits per heavy atom. The van der Waals surface area contributed by atoms with Gasteiger partial charge in [-0.05, 0) is 42.4 Å². The first-order valence-corrected chi connectivity index (χ1v) is 7.46. The van der Waals surface area contributed by atoms with Gasteiger partial charge in [0.05, 0.1) is 11.6 Å². The van der Waals surface area contributed by atoms with E-state index < -0.39 is 5.97 Å². The topological polar surface area (TPSA) is 50.2 Å². The average molecular weight is 279 g/mol. The molecule has 2 bridgehead atoms. The lowest BCUT2D eigenvalue weighted by atomic mass is 9.48. The number of aromatic nitrogens is 1. The smallest absolute Gasteiger partial charge is 0.307 e. The summed E-state index contributed by atoms with van der Waals surface area (Å²) in [7, 11) is 0. The molecule has 0 saturated heterocycles. The summed E-state index contributed by atoms with van der Waals surface area (Å²) >= 11 is 0. The van der Waals surface area contributed by atoms with E-state index in [1.165, 1.54) is 5.56 Å². The highest BCUT2D eigenvalue weighted by Crippen LogP contribution is 2.68. The molecular weight excluding hydrogens is 262 g/mol. The summed E-state index contributed by atoms with van der Waals surface area (Å²) in [6.07, 6.45) is 3.77. The molecule has 1 heterocycles. The van der Waals surface area contributed by atoms with Crippen LogP contribution in [0.5, 0.6) is 0 Å². The Balaban J connectivity index is 1.89. The van der Waals surface area contributed by atoms with Gasteiger partial charge in [0.25, 0.3) is 0 Å². The number of benzene rings is 1. The standard InChI is InChI=1S/C18H17NO2/c20-17(21)16-13-9-10-14(16)18(13,12-6-2-1-3-7-12)15-8-4-5-11-19-15/h1-8,11,13-14,16H,9-10H2,(H,20,21)/t13-,14+,16?,18?. The number of carboxylic acid groups (broad SMARTS) is 1. The molecule has 1 N–H and O–H groups in total. The number of pyridine rings is 1. The van der Waals surface area contributed by atoms with Crippen LogP contribution in [0, 0.1) is 17.8 Å². The summed E-state index contributed by atoms with van der Waals surface area (Å²) in [6.45, 7) is 0. The van der Waals surface area contributed by atoms with Gasteiger partial charge in [-0.1, -0.05) is 36.4 Å². The number of hydrogen-bond acceptors (Lipinski definition) is 2. The first kappa shape index (κ1) is 12.6. The van der Waals surface area contributed by atoms with Crippen LogP contribution in [-0.4, -0.2) is 16.1 Å². The number of nitrogens with zero attached hydrogens (tertiary/aromatic N) is 1. The zero-order valence-electron chi connectivity index (χ0n) is 11.6. The maximum Gasteiger partial charge on any atom is 0.307 e. The summed E-state index contributed by atoms with van der Waals surface area (Å²) < 4.78 is 0. The van der Waals surface area contributed by atoms with Crippen LogP contribution in [0.3, 0.4) is 0 Å². The van der Waals surface area contributed by atoms with Crippen LogP contribution < -0.4 is 0 Å². The molecular formula is C18H17NO2. The average Bonchev–Trinajstić information content (AvgIpc) is 3.11. The highest BCUT2D eigenvalue weighted by Gasteiger charge is 2.70. The fraction of sp³-hybridized carbons (Fsp3) is 0.333. The van der Waals surface area contributed by atoms with Crippen LogP contribution in [0.4, 0.5) is 0 Å². The minimum atomic E-state index is -0.648. The van der Waals surface area contributed by atoms with Gasteiger partial charge in [0.15, 0.2) is 0 Å². The molecule has 5 rings (SSSR count). The zero-order valence-corrected chi connectivity index (χ0v) is 11.6. The van der Waals surface area contributed by atoms with E-state index in [0.717, 1.165) is 18.5 Å². The van der Waals surface area contributed by atoms with E-state index in [1.807, 2.05) is 36.5 Å². The number of aliphatic carboxylic acids is 1. The zero-order chi connectivity index (χ0) is 14.4. The Hall–Kier alpha value is -2.16. The molecule has 4 atom stereocenters. The Kier molecular flexibility index (Phi) is 2.64. The van der Waals surface area contributed by atoms with Crippen LogP contribution in [0.25, 0.3) is 0 Å². The quantitative estimate of drug-likeness (QED) is 0.939. The van der Waals surface area contributed by atoms with Crippen molar-refractivity contribution in [1.82, 2.24) is 4.98 Å². The lowest BCUT2D eigenvalue weighted by Crippen LogP contribution is -2.58. The van der Waals surface area contributed by atoms with E-state index in [0.29, 0.717) is 0 Å². The molecule has 2 unspecified atom stereocenters. The van der Waals surface area contributed by atoms with Gasteiger partial charge in [-0.25, -0.2) is 0 Å². The molecule has 0 spiro atoms. The van der Waals surface area contributed by atoms with Crippen molar-refractivity contribution in [3.63, 3.8) is 0 Å².